The maximum Gasteiger partial charge on any atom is 0.409 e. The number of nitrogen functional groups attached to an aromatic ring is 1. The van der Waals surface area contributed by atoms with Gasteiger partial charge >= 0.3 is 11.8 Å². The molecule has 2 rings (SSSR count). The lowest BCUT2D eigenvalue weighted by Crippen LogP contribution is -2.49. The van der Waals surface area contributed by atoms with E-state index >= 15 is 0 Å². The molecule has 0 saturated carbocycles. The monoisotopic (exact) mass is 451 g/mol. The van der Waals surface area contributed by atoms with Gasteiger partial charge in [0.25, 0.3) is 5.56 Å². The molecule has 0 unspecified atom stereocenters. The predicted molar refractivity (Wildman–Crippen MR) is 124 cm³/mol. The highest BCUT2D eigenvalue weighted by molar-refractivity contribution is 5.97. The van der Waals surface area contributed by atoms with E-state index in [-0.39, 0.29) is 30.6 Å². The molecular formula is C22H37N5O5. The molecule has 1 aliphatic heterocycles. The fraction of sp³-hybridized carbons (Fsp3) is 0.727. The molecule has 3 N–H and O–H groups in total. The van der Waals surface area contributed by atoms with E-state index < -0.39 is 23.3 Å². The number of ether oxygens (including phenoxy) is 1. The zero-order valence-electron chi connectivity index (χ0n) is 19.5. The first-order valence-corrected chi connectivity index (χ1v) is 11.7. The van der Waals surface area contributed by atoms with Crippen LogP contribution in [0.2, 0.25) is 0 Å². The molecule has 10 nitrogen and oxygen atoms in total. The van der Waals surface area contributed by atoms with Crippen molar-refractivity contribution in [1.82, 2.24) is 14.5 Å². The summed E-state index contributed by atoms with van der Waals surface area (Å²) in [5.41, 5.74) is 5.06. The summed E-state index contributed by atoms with van der Waals surface area (Å²) in [5.74, 6) is -0.715. The Labute approximate surface area is 188 Å². The third-order valence-corrected chi connectivity index (χ3v) is 5.77. The van der Waals surface area contributed by atoms with Crippen molar-refractivity contribution in [2.45, 2.75) is 72.3 Å². The van der Waals surface area contributed by atoms with Crippen LogP contribution in [0.15, 0.2) is 9.59 Å². The molecule has 1 aromatic rings. The van der Waals surface area contributed by atoms with Crippen LogP contribution < -0.4 is 21.9 Å². The van der Waals surface area contributed by atoms with Crippen LogP contribution >= 0.6 is 0 Å². The van der Waals surface area contributed by atoms with Gasteiger partial charge in [0.1, 0.15) is 5.82 Å². The number of H-pyrrole nitrogens is 1. The highest BCUT2D eigenvalue weighted by Gasteiger charge is 2.34. The van der Waals surface area contributed by atoms with Gasteiger partial charge in [-0.25, -0.2) is 9.59 Å². The van der Waals surface area contributed by atoms with Gasteiger partial charge in [0.05, 0.1) is 12.5 Å². The van der Waals surface area contributed by atoms with Gasteiger partial charge < -0.3 is 20.3 Å². The van der Waals surface area contributed by atoms with Crippen LogP contribution in [0, 0.1) is 5.92 Å². The number of aromatic nitrogens is 2. The van der Waals surface area contributed by atoms with Gasteiger partial charge in [-0.05, 0) is 32.6 Å². The SMILES string of the molecule is CCCCCN(C(=O)[C@H]1CCCN(C(=O)OCC)C1)c1c(N)n(CCCC)c(=O)[nH]c1=O. The molecule has 32 heavy (non-hydrogen) atoms. The van der Waals surface area contributed by atoms with Crippen molar-refractivity contribution in [3.05, 3.63) is 20.8 Å². The van der Waals surface area contributed by atoms with Crippen LogP contribution in [0.3, 0.4) is 0 Å². The van der Waals surface area contributed by atoms with E-state index in [0.717, 1.165) is 25.7 Å². The lowest BCUT2D eigenvalue weighted by atomic mass is 9.96. The summed E-state index contributed by atoms with van der Waals surface area (Å²) >= 11 is 0. The third-order valence-electron chi connectivity index (χ3n) is 5.77. The number of hydrogen-bond donors (Lipinski definition) is 2. The molecule has 0 bridgehead atoms. The Balaban J connectivity index is 2.39. The number of nitrogens with two attached hydrogens (primary N) is 1. The first-order valence-electron chi connectivity index (χ1n) is 11.7. The maximum absolute atomic E-state index is 13.6. The zero-order valence-corrected chi connectivity index (χ0v) is 19.5. The zero-order chi connectivity index (χ0) is 23.7. The van der Waals surface area contributed by atoms with Crippen molar-refractivity contribution in [2.24, 2.45) is 5.92 Å². The number of aromatic amines is 1. The molecule has 10 heteroatoms. The quantitative estimate of drug-likeness (QED) is 0.525. The maximum atomic E-state index is 13.6. The van der Waals surface area contributed by atoms with Crippen LogP contribution in [0.4, 0.5) is 16.3 Å². The lowest BCUT2D eigenvalue weighted by molar-refractivity contribution is -0.123. The second-order valence-corrected chi connectivity index (χ2v) is 8.18. The van der Waals surface area contributed by atoms with Gasteiger partial charge in [-0.2, -0.15) is 0 Å². The molecule has 0 aliphatic carbocycles. The highest BCUT2D eigenvalue weighted by atomic mass is 16.6. The van der Waals surface area contributed by atoms with E-state index in [1.807, 2.05) is 6.92 Å². The van der Waals surface area contributed by atoms with E-state index in [1.54, 1.807) is 6.92 Å². The van der Waals surface area contributed by atoms with Gasteiger partial charge in [-0.15, -0.1) is 0 Å². The largest absolute Gasteiger partial charge is 0.450 e. The van der Waals surface area contributed by atoms with Crippen molar-refractivity contribution < 1.29 is 14.3 Å². The van der Waals surface area contributed by atoms with Gasteiger partial charge in [0, 0.05) is 26.2 Å². The number of anilines is 2. The third kappa shape index (κ3) is 6.14. The second-order valence-electron chi connectivity index (χ2n) is 8.18. The van der Waals surface area contributed by atoms with Crippen LogP contribution in [-0.2, 0) is 16.1 Å². The van der Waals surface area contributed by atoms with Crippen molar-refractivity contribution in [3.63, 3.8) is 0 Å². The van der Waals surface area contributed by atoms with Crippen molar-refractivity contribution in [3.8, 4) is 0 Å². The average molecular weight is 452 g/mol. The Kier molecular flexibility index (Phi) is 9.80. The van der Waals surface area contributed by atoms with E-state index in [2.05, 4.69) is 11.9 Å². The predicted octanol–water partition coefficient (Wildman–Crippen LogP) is 2.31. The number of unbranched alkanes of at least 4 members (excludes halogenated alkanes) is 3. The number of likely N-dealkylation sites (tertiary alicyclic amines) is 1. The molecule has 1 saturated heterocycles. The number of rotatable bonds is 10. The van der Waals surface area contributed by atoms with E-state index in [0.29, 0.717) is 38.9 Å². The summed E-state index contributed by atoms with van der Waals surface area (Å²) in [5, 5.41) is 0. The van der Waals surface area contributed by atoms with Crippen LogP contribution in [0.25, 0.3) is 0 Å². The van der Waals surface area contributed by atoms with E-state index in [9.17, 15) is 19.2 Å². The first-order chi connectivity index (χ1) is 15.3. The number of nitrogens with zero attached hydrogens (tertiary/aromatic N) is 3. The lowest BCUT2D eigenvalue weighted by Gasteiger charge is -2.34. The molecule has 2 amide bonds. The summed E-state index contributed by atoms with van der Waals surface area (Å²) in [7, 11) is 0. The summed E-state index contributed by atoms with van der Waals surface area (Å²) in [6, 6.07) is 0. The number of carbonyl (C=O) groups is 2. The Morgan fingerprint density at radius 2 is 1.88 bits per heavy atom. The Hall–Kier alpha value is -2.78. The minimum Gasteiger partial charge on any atom is -0.450 e. The molecule has 1 atom stereocenters. The topological polar surface area (TPSA) is 131 Å². The van der Waals surface area contributed by atoms with Gasteiger partial charge in [0.2, 0.25) is 5.91 Å². The Bertz CT molecular complexity index is 894. The van der Waals surface area contributed by atoms with Gasteiger partial charge in [0.15, 0.2) is 5.69 Å². The Morgan fingerprint density at radius 3 is 2.53 bits per heavy atom. The molecule has 2 heterocycles. The van der Waals surface area contributed by atoms with Crippen LogP contribution in [0.5, 0.6) is 0 Å². The van der Waals surface area contributed by atoms with Gasteiger partial charge in [-0.3, -0.25) is 19.1 Å². The molecule has 0 aromatic carbocycles. The normalized spacial score (nSPS) is 16.1. The fourth-order valence-corrected chi connectivity index (χ4v) is 4.01. The summed E-state index contributed by atoms with van der Waals surface area (Å²) in [6.07, 6.45) is 4.94. The molecule has 180 valence electrons. The standard InChI is InChI=1S/C22H37N5O5/c1-4-7-9-14-26(17-18(23)27(13-8-5-2)21(30)24-19(17)28)20(29)16-11-10-12-25(15-16)22(31)32-6-3/h16H,4-15,23H2,1-3H3,(H,24,28,30)/t16-/m0/s1. The number of nitrogens with one attached hydrogen (secondary N) is 1. The second kappa shape index (κ2) is 12.3. The molecule has 0 spiro atoms. The molecule has 1 aliphatic rings. The van der Waals surface area contributed by atoms with Crippen LogP contribution in [0.1, 0.15) is 65.7 Å². The molecule has 0 radical (unpaired) electrons. The van der Waals surface area contributed by atoms with Crippen molar-refractivity contribution in [1.29, 1.82) is 0 Å². The number of carbonyl (C=O) groups excluding carboxylic acids is 2. The fourth-order valence-electron chi connectivity index (χ4n) is 4.01. The Morgan fingerprint density at radius 1 is 1.16 bits per heavy atom. The summed E-state index contributed by atoms with van der Waals surface area (Å²) < 4.78 is 6.41. The molecular weight excluding hydrogens is 414 g/mol. The van der Waals surface area contributed by atoms with Crippen molar-refractivity contribution in [2.75, 3.05) is 36.9 Å². The average Bonchev–Trinajstić information content (AvgIpc) is 2.77. The number of piperidine rings is 1. The van der Waals surface area contributed by atoms with Crippen LogP contribution in [-0.4, -0.2) is 52.7 Å². The smallest absolute Gasteiger partial charge is 0.409 e. The van der Waals surface area contributed by atoms with E-state index in [4.69, 9.17) is 10.5 Å². The molecule has 1 fully saturated rings. The molecule has 1 aromatic heterocycles. The van der Waals surface area contributed by atoms with Crippen molar-refractivity contribution >= 4 is 23.5 Å². The summed E-state index contributed by atoms with van der Waals surface area (Å²) in [6.45, 7) is 7.50. The van der Waals surface area contributed by atoms with E-state index in [1.165, 1.54) is 14.4 Å². The minimum absolute atomic E-state index is 0.00936. The minimum atomic E-state index is -0.664. The first kappa shape index (κ1) is 25.5. The summed E-state index contributed by atoms with van der Waals surface area (Å²) in [4.78, 5) is 56.1. The number of hydrogen-bond acceptors (Lipinski definition) is 6. The van der Waals surface area contributed by atoms with Gasteiger partial charge in [-0.1, -0.05) is 33.1 Å². The number of amides is 2. The highest BCUT2D eigenvalue weighted by Crippen LogP contribution is 2.25.